The van der Waals surface area contributed by atoms with Crippen LogP contribution in [0.5, 0.6) is 0 Å². The Bertz CT molecular complexity index is 663. The van der Waals surface area contributed by atoms with E-state index in [-0.39, 0.29) is 24.1 Å². The number of benzene rings is 1. The summed E-state index contributed by atoms with van der Waals surface area (Å²) in [4.78, 5) is 12.0. The zero-order valence-electron chi connectivity index (χ0n) is 13.5. The average molecular weight is 335 g/mol. The van der Waals surface area contributed by atoms with Gasteiger partial charge in [-0.15, -0.1) is 0 Å². The number of aryl methyl sites for hydroxylation is 1. The van der Waals surface area contributed by atoms with Crippen LogP contribution in [0.1, 0.15) is 54.9 Å². The highest BCUT2D eigenvalue weighted by molar-refractivity contribution is 7.91. The van der Waals surface area contributed by atoms with Gasteiger partial charge in [0.15, 0.2) is 9.84 Å². The summed E-state index contributed by atoms with van der Waals surface area (Å²) in [5.41, 5.74) is 2.11. The van der Waals surface area contributed by atoms with Gasteiger partial charge in [-0.25, -0.2) is 8.42 Å². The highest BCUT2D eigenvalue weighted by atomic mass is 32.2. The maximum Gasteiger partial charge on any atom is 0.223 e. The highest BCUT2D eigenvalue weighted by Gasteiger charge is 2.31. The van der Waals surface area contributed by atoms with Crippen molar-refractivity contribution in [3.8, 4) is 0 Å². The molecule has 2 aliphatic carbocycles. The van der Waals surface area contributed by atoms with Gasteiger partial charge in [0.05, 0.1) is 11.0 Å². The molecule has 1 amide bonds. The topological polar surface area (TPSA) is 63.2 Å². The van der Waals surface area contributed by atoms with Crippen molar-refractivity contribution in [1.82, 2.24) is 5.32 Å². The van der Waals surface area contributed by atoms with Crippen LogP contribution >= 0.6 is 0 Å². The van der Waals surface area contributed by atoms with Gasteiger partial charge in [-0.05, 0) is 43.2 Å². The Hall–Kier alpha value is -1.36. The first-order valence-electron chi connectivity index (χ1n) is 8.65. The van der Waals surface area contributed by atoms with Gasteiger partial charge in [0, 0.05) is 12.5 Å². The largest absolute Gasteiger partial charge is 0.355 e. The summed E-state index contributed by atoms with van der Waals surface area (Å²) in [5, 5.41) is 2.42. The Kier molecular flexibility index (Phi) is 5.05. The molecule has 1 aromatic carbocycles. The SMILES string of the molecule is O=C(NCCS(=O)(=O)[C@H]1CCCc2ccccc21)C1CCCC1. The summed E-state index contributed by atoms with van der Waals surface area (Å²) >= 11 is 0. The third kappa shape index (κ3) is 3.77. The van der Waals surface area contributed by atoms with E-state index in [2.05, 4.69) is 5.32 Å². The molecule has 1 atom stereocenters. The molecule has 0 spiro atoms. The molecule has 1 N–H and O–H groups in total. The summed E-state index contributed by atoms with van der Waals surface area (Å²) in [6.07, 6.45) is 6.65. The summed E-state index contributed by atoms with van der Waals surface area (Å²) in [6.45, 7) is 0.232. The van der Waals surface area contributed by atoms with Crippen LogP contribution in [0.15, 0.2) is 24.3 Å². The fourth-order valence-electron chi connectivity index (χ4n) is 3.87. The lowest BCUT2D eigenvalue weighted by atomic mass is 9.91. The van der Waals surface area contributed by atoms with Gasteiger partial charge < -0.3 is 5.32 Å². The molecule has 23 heavy (non-hydrogen) atoms. The third-order valence-corrected chi connectivity index (χ3v) is 7.29. The second-order valence-corrected chi connectivity index (χ2v) is 9.02. The number of rotatable bonds is 5. The Labute approximate surface area is 138 Å². The van der Waals surface area contributed by atoms with Crippen molar-refractivity contribution < 1.29 is 13.2 Å². The molecule has 0 heterocycles. The second-order valence-electron chi connectivity index (χ2n) is 6.72. The molecule has 4 nitrogen and oxygen atoms in total. The summed E-state index contributed by atoms with van der Waals surface area (Å²) in [6, 6.07) is 7.84. The van der Waals surface area contributed by atoms with Gasteiger partial charge in [0.1, 0.15) is 0 Å². The van der Waals surface area contributed by atoms with Gasteiger partial charge in [0.2, 0.25) is 5.91 Å². The van der Waals surface area contributed by atoms with Crippen molar-refractivity contribution in [3.05, 3.63) is 35.4 Å². The molecule has 0 bridgehead atoms. The molecular weight excluding hydrogens is 310 g/mol. The minimum absolute atomic E-state index is 0.0294. The quantitative estimate of drug-likeness (QED) is 0.900. The number of nitrogens with one attached hydrogen (secondary N) is 1. The van der Waals surface area contributed by atoms with Crippen molar-refractivity contribution in [3.63, 3.8) is 0 Å². The predicted molar refractivity (Wildman–Crippen MR) is 90.9 cm³/mol. The third-order valence-electron chi connectivity index (χ3n) is 5.16. The van der Waals surface area contributed by atoms with Gasteiger partial charge in [-0.3, -0.25) is 4.79 Å². The molecule has 1 aromatic rings. The lowest BCUT2D eigenvalue weighted by Gasteiger charge is -2.25. The summed E-state index contributed by atoms with van der Waals surface area (Å²) in [7, 11) is -3.23. The number of sulfone groups is 1. The number of carbonyl (C=O) groups excluding carboxylic acids is 1. The van der Waals surface area contributed by atoms with E-state index in [1.54, 1.807) is 0 Å². The smallest absolute Gasteiger partial charge is 0.223 e. The van der Waals surface area contributed by atoms with E-state index in [0.29, 0.717) is 6.42 Å². The van der Waals surface area contributed by atoms with Gasteiger partial charge in [0.25, 0.3) is 0 Å². The van der Waals surface area contributed by atoms with Crippen LogP contribution in [-0.2, 0) is 21.1 Å². The summed E-state index contributed by atoms with van der Waals surface area (Å²) in [5.74, 6) is 0.152. The predicted octanol–water partition coefficient (Wildman–Crippen LogP) is 2.79. The monoisotopic (exact) mass is 335 g/mol. The van der Waals surface area contributed by atoms with Crippen LogP contribution in [0.2, 0.25) is 0 Å². The minimum Gasteiger partial charge on any atom is -0.355 e. The first kappa shape index (κ1) is 16.5. The van der Waals surface area contributed by atoms with Crippen LogP contribution < -0.4 is 5.32 Å². The summed E-state index contributed by atoms with van der Waals surface area (Å²) < 4.78 is 25.4. The van der Waals surface area contributed by atoms with Crippen molar-refractivity contribution in [1.29, 1.82) is 0 Å². The molecule has 5 heteroatoms. The Morgan fingerprint density at radius 2 is 1.83 bits per heavy atom. The molecule has 0 aliphatic heterocycles. The van der Waals surface area contributed by atoms with Crippen LogP contribution in [-0.4, -0.2) is 26.6 Å². The zero-order chi connectivity index (χ0) is 16.3. The number of fused-ring (bicyclic) bond motifs is 1. The van der Waals surface area contributed by atoms with Gasteiger partial charge >= 0.3 is 0 Å². The van der Waals surface area contributed by atoms with E-state index in [9.17, 15) is 13.2 Å². The maximum atomic E-state index is 12.7. The maximum absolute atomic E-state index is 12.7. The molecule has 0 unspecified atom stereocenters. The fraction of sp³-hybridized carbons (Fsp3) is 0.611. The minimum atomic E-state index is -3.23. The van der Waals surface area contributed by atoms with E-state index in [4.69, 9.17) is 0 Å². The van der Waals surface area contributed by atoms with Gasteiger partial charge in [-0.2, -0.15) is 0 Å². The molecule has 1 fully saturated rings. The van der Waals surface area contributed by atoms with E-state index >= 15 is 0 Å². The standard InChI is InChI=1S/C18H25NO3S/c20-18(15-7-1-2-8-15)19-12-13-23(21,22)17-11-5-9-14-6-3-4-10-16(14)17/h3-4,6,10,15,17H,1-2,5,7-9,11-13H2,(H,19,20)/t17-/m0/s1. The molecule has 3 rings (SSSR count). The van der Waals surface area contributed by atoms with E-state index in [0.717, 1.165) is 49.7 Å². The first-order valence-corrected chi connectivity index (χ1v) is 10.4. The molecule has 2 aliphatic rings. The molecule has 126 valence electrons. The average Bonchev–Trinajstić information content (AvgIpc) is 3.08. The molecule has 1 saturated carbocycles. The van der Waals surface area contributed by atoms with E-state index in [1.807, 2.05) is 24.3 Å². The number of hydrogen-bond donors (Lipinski definition) is 1. The van der Waals surface area contributed by atoms with Gasteiger partial charge in [-0.1, -0.05) is 37.1 Å². The molecule has 0 radical (unpaired) electrons. The van der Waals surface area contributed by atoms with E-state index in [1.165, 1.54) is 0 Å². The van der Waals surface area contributed by atoms with Crippen LogP contribution in [0.4, 0.5) is 0 Å². The normalized spacial score (nSPS) is 21.8. The van der Waals surface area contributed by atoms with Crippen LogP contribution in [0.3, 0.4) is 0 Å². The Morgan fingerprint density at radius 1 is 1.09 bits per heavy atom. The fourth-order valence-corrected chi connectivity index (χ4v) is 5.69. The van der Waals surface area contributed by atoms with Crippen molar-refractivity contribution in [2.24, 2.45) is 5.92 Å². The van der Waals surface area contributed by atoms with Crippen LogP contribution in [0, 0.1) is 5.92 Å². The lowest BCUT2D eigenvalue weighted by Crippen LogP contribution is -2.34. The lowest BCUT2D eigenvalue weighted by molar-refractivity contribution is -0.124. The second kappa shape index (κ2) is 7.04. The number of hydrogen-bond acceptors (Lipinski definition) is 3. The first-order chi connectivity index (χ1) is 11.1. The Balaban J connectivity index is 1.60. The van der Waals surface area contributed by atoms with Crippen molar-refractivity contribution in [2.75, 3.05) is 12.3 Å². The number of carbonyl (C=O) groups is 1. The van der Waals surface area contributed by atoms with Crippen LogP contribution in [0.25, 0.3) is 0 Å². The molecular formula is C18H25NO3S. The Morgan fingerprint density at radius 3 is 2.61 bits per heavy atom. The highest BCUT2D eigenvalue weighted by Crippen LogP contribution is 2.35. The van der Waals surface area contributed by atoms with Crippen molar-refractivity contribution in [2.45, 2.75) is 50.2 Å². The molecule has 0 saturated heterocycles. The zero-order valence-corrected chi connectivity index (χ0v) is 14.3. The number of amides is 1. The van der Waals surface area contributed by atoms with Crippen molar-refractivity contribution >= 4 is 15.7 Å². The van der Waals surface area contributed by atoms with E-state index < -0.39 is 15.1 Å². The molecule has 0 aromatic heterocycles.